The summed E-state index contributed by atoms with van der Waals surface area (Å²) in [6, 6.07) is 15.5. The minimum Gasteiger partial charge on any atom is -0.360 e. The van der Waals surface area contributed by atoms with Gasteiger partial charge in [0.15, 0.2) is 5.82 Å². The lowest BCUT2D eigenvalue weighted by atomic mass is 10.2. The average Bonchev–Trinajstić information content (AvgIpc) is 3.16. The maximum atomic E-state index is 6.10. The Bertz CT molecular complexity index is 929. The van der Waals surface area contributed by atoms with Crippen molar-refractivity contribution in [1.29, 1.82) is 0 Å². The smallest absolute Gasteiger partial charge is 0.185 e. The number of hydrogen-bond donors (Lipinski definition) is 1. The molecule has 2 heterocycles. The Kier molecular flexibility index (Phi) is 5.38. The van der Waals surface area contributed by atoms with E-state index in [1.807, 2.05) is 48.5 Å². The summed E-state index contributed by atoms with van der Waals surface area (Å²) in [5.74, 6) is 0.696. The van der Waals surface area contributed by atoms with Crippen molar-refractivity contribution in [1.82, 2.24) is 20.2 Å². The quantitative estimate of drug-likeness (QED) is 0.728. The van der Waals surface area contributed by atoms with Gasteiger partial charge in [-0.2, -0.15) is 4.68 Å². The summed E-state index contributed by atoms with van der Waals surface area (Å²) in [6.45, 7) is 3.96. The van der Waals surface area contributed by atoms with E-state index in [1.54, 1.807) is 4.68 Å². The number of halogens is 2. The van der Waals surface area contributed by atoms with Gasteiger partial charge in [-0.25, -0.2) is 0 Å². The standard InChI is InChI=1S/C19H18Cl2N6/c20-15-4-6-17(7-5-15)27-19(22-23-24-27)8-9-25-10-12-26(13-11-25)18-3-1-2-16(21)14-18/h1-9,14H,10-13H2/p+1/b9-8+. The van der Waals surface area contributed by atoms with Crippen LogP contribution in [0.2, 0.25) is 10.0 Å². The highest BCUT2D eigenvalue weighted by atomic mass is 35.5. The fourth-order valence-electron chi connectivity index (χ4n) is 3.15. The number of hydrogen-bond acceptors (Lipinski definition) is 4. The number of tetrazole rings is 1. The molecule has 0 radical (unpaired) electrons. The van der Waals surface area contributed by atoms with E-state index in [4.69, 9.17) is 23.2 Å². The molecule has 1 saturated heterocycles. The largest absolute Gasteiger partial charge is 0.360 e. The first-order valence-corrected chi connectivity index (χ1v) is 9.52. The van der Waals surface area contributed by atoms with Gasteiger partial charge in [-0.1, -0.05) is 29.3 Å². The van der Waals surface area contributed by atoms with Crippen LogP contribution >= 0.6 is 23.2 Å². The predicted octanol–water partition coefficient (Wildman–Crippen LogP) is 2.34. The van der Waals surface area contributed by atoms with Crippen LogP contribution in [0.4, 0.5) is 5.69 Å². The molecular formula is C19H19Cl2N6+. The fourth-order valence-corrected chi connectivity index (χ4v) is 3.46. The third-order valence-electron chi connectivity index (χ3n) is 4.61. The summed E-state index contributed by atoms with van der Waals surface area (Å²) in [6.07, 6.45) is 4.10. The van der Waals surface area contributed by atoms with Crippen molar-refractivity contribution in [3.8, 4) is 5.69 Å². The number of benzene rings is 2. The Hall–Kier alpha value is -2.41. The number of rotatable bonds is 4. The van der Waals surface area contributed by atoms with Crippen LogP contribution in [0.1, 0.15) is 5.82 Å². The molecule has 2 aromatic carbocycles. The van der Waals surface area contributed by atoms with E-state index in [2.05, 4.69) is 32.7 Å². The van der Waals surface area contributed by atoms with E-state index >= 15 is 0 Å². The van der Waals surface area contributed by atoms with Crippen molar-refractivity contribution in [3.05, 3.63) is 70.6 Å². The number of anilines is 1. The SMILES string of the molecule is Clc1ccc(-n2nnnc2/C=C/[NH+]2CCN(c3cccc(Cl)c3)CC2)cc1. The van der Waals surface area contributed by atoms with E-state index in [0.717, 1.165) is 36.9 Å². The van der Waals surface area contributed by atoms with Crippen LogP contribution in [0.3, 0.4) is 0 Å². The second kappa shape index (κ2) is 8.08. The van der Waals surface area contributed by atoms with Gasteiger partial charge in [0.2, 0.25) is 0 Å². The Morgan fingerprint density at radius 1 is 0.926 bits per heavy atom. The van der Waals surface area contributed by atoms with E-state index in [-0.39, 0.29) is 0 Å². The number of nitrogens with zero attached hydrogens (tertiary/aromatic N) is 5. The van der Waals surface area contributed by atoms with Crippen LogP contribution in [0.25, 0.3) is 11.8 Å². The van der Waals surface area contributed by atoms with Crippen molar-refractivity contribution in [3.63, 3.8) is 0 Å². The summed E-state index contributed by atoms with van der Waals surface area (Å²) in [5, 5.41) is 13.4. The van der Waals surface area contributed by atoms with E-state index in [9.17, 15) is 0 Å². The summed E-state index contributed by atoms with van der Waals surface area (Å²) in [5.41, 5.74) is 2.06. The lowest BCUT2D eigenvalue weighted by Gasteiger charge is -2.32. The molecule has 0 saturated carbocycles. The van der Waals surface area contributed by atoms with Crippen molar-refractivity contribution < 1.29 is 4.90 Å². The molecule has 0 spiro atoms. The molecule has 4 rings (SSSR count). The van der Waals surface area contributed by atoms with Crippen molar-refractivity contribution in [2.45, 2.75) is 0 Å². The second-order valence-electron chi connectivity index (χ2n) is 6.38. The van der Waals surface area contributed by atoms with Gasteiger partial charge in [0.05, 0.1) is 38.1 Å². The predicted molar refractivity (Wildman–Crippen MR) is 108 cm³/mol. The summed E-state index contributed by atoms with van der Waals surface area (Å²) < 4.78 is 1.70. The van der Waals surface area contributed by atoms with Gasteiger partial charge < -0.3 is 9.80 Å². The molecule has 1 fully saturated rings. The topological polar surface area (TPSA) is 51.3 Å². The first-order chi connectivity index (χ1) is 13.2. The molecule has 138 valence electrons. The molecule has 6 nitrogen and oxygen atoms in total. The highest BCUT2D eigenvalue weighted by molar-refractivity contribution is 6.31. The first-order valence-electron chi connectivity index (χ1n) is 8.77. The Morgan fingerprint density at radius 3 is 2.44 bits per heavy atom. The Labute approximate surface area is 167 Å². The maximum absolute atomic E-state index is 6.10. The number of piperazine rings is 1. The van der Waals surface area contributed by atoms with Crippen molar-refractivity contribution >= 4 is 35.0 Å². The summed E-state index contributed by atoms with van der Waals surface area (Å²) in [4.78, 5) is 3.75. The monoisotopic (exact) mass is 401 g/mol. The summed E-state index contributed by atoms with van der Waals surface area (Å²) in [7, 11) is 0. The van der Waals surface area contributed by atoms with Gasteiger partial charge in [0.25, 0.3) is 0 Å². The highest BCUT2D eigenvalue weighted by Crippen LogP contribution is 2.19. The third kappa shape index (κ3) is 4.30. The molecule has 0 bridgehead atoms. The van der Waals surface area contributed by atoms with Gasteiger partial charge in [-0.05, 0) is 52.9 Å². The zero-order chi connectivity index (χ0) is 18.6. The fraction of sp³-hybridized carbons (Fsp3) is 0.211. The van der Waals surface area contributed by atoms with Crippen LogP contribution < -0.4 is 9.80 Å². The van der Waals surface area contributed by atoms with Gasteiger partial charge in [0, 0.05) is 21.8 Å². The molecular weight excluding hydrogens is 383 g/mol. The number of nitrogens with one attached hydrogen (secondary N) is 1. The van der Waals surface area contributed by atoms with Crippen LogP contribution in [-0.4, -0.2) is 46.4 Å². The van der Waals surface area contributed by atoms with Gasteiger partial charge >= 0.3 is 0 Å². The van der Waals surface area contributed by atoms with Crippen molar-refractivity contribution in [2.24, 2.45) is 0 Å². The maximum Gasteiger partial charge on any atom is 0.185 e. The lowest BCUT2D eigenvalue weighted by molar-refractivity contribution is -0.846. The zero-order valence-corrected chi connectivity index (χ0v) is 16.1. The highest BCUT2D eigenvalue weighted by Gasteiger charge is 2.19. The molecule has 1 aliphatic heterocycles. The first kappa shape index (κ1) is 18.0. The third-order valence-corrected chi connectivity index (χ3v) is 5.10. The second-order valence-corrected chi connectivity index (χ2v) is 7.26. The normalized spacial score (nSPS) is 15.6. The lowest BCUT2D eigenvalue weighted by Crippen LogP contribution is -3.10. The molecule has 8 heteroatoms. The van der Waals surface area contributed by atoms with Crippen LogP contribution in [0, 0.1) is 0 Å². The molecule has 0 aliphatic carbocycles. The molecule has 0 unspecified atom stereocenters. The van der Waals surface area contributed by atoms with E-state index in [0.29, 0.717) is 10.8 Å². The Balaban J connectivity index is 1.40. The molecule has 1 aromatic heterocycles. The molecule has 1 aliphatic rings. The molecule has 0 amide bonds. The van der Waals surface area contributed by atoms with Gasteiger partial charge in [-0.15, -0.1) is 5.10 Å². The minimum absolute atomic E-state index is 0.686. The minimum atomic E-state index is 0.686. The van der Waals surface area contributed by atoms with Crippen molar-refractivity contribution in [2.75, 3.05) is 31.1 Å². The van der Waals surface area contributed by atoms with E-state index in [1.165, 1.54) is 10.6 Å². The average molecular weight is 402 g/mol. The number of quaternary nitrogens is 1. The van der Waals surface area contributed by atoms with Crippen LogP contribution in [-0.2, 0) is 0 Å². The molecule has 3 aromatic rings. The zero-order valence-electron chi connectivity index (χ0n) is 14.6. The van der Waals surface area contributed by atoms with Crippen LogP contribution in [0.5, 0.6) is 0 Å². The van der Waals surface area contributed by atoms with Gasteiger partial charge in [0.1, 0.15) is 0 Å². The summed E-state index contributed by atoms with van der Waals surface area (Å²) >= 11 is 12.1. The Morgan fingerprint density at radius 2 is 1.70 bits per heavy atom. The molecule has 1 N–H and O–H groups in total. The number of aromatic nitrogens is 4. The molecule has 27 heavy (non-hydrogen) atoms. The van der Waals surface area contributed by atoms with E-state index < -0.39 is 0 Å². The molecule has 0 atom stereocenters. The van der Waals surface area contributed by atoms with Gasteiger partial charge in [-0.3, -0.25) is 0 Å². The van der Waals surface area contributed by atoms with Crippen LogP contribution in [0.15, 0.2) is 54.7 Å².